The number of aromatic amines is 1. The average molecular weight is 596 g/mol. The maximum absolute atomic E-state index is 7.89. The molecule has 0 saturated carbocycles. The van der Waals surface area contributed by atoms with Gasteiger partial charge in [0, 0.05) is 66.3 Å². The Morgan fingerprint density at radius 2 is 1.79 bits per heavy atom. The van der Waals surface area contributed by atoms with Crippen molar-refractivity contribution in [2.45, 2.75) is 19.9 Å². The molecule has 1 radical (unpaired) electrons. The normalized spacial score (nSPS) is 13.5. The van der Waals surface area contributed by atoms with Crippen LogP contribution in [0.2, 0.25) is 0 Å². The molecular formula is C35H38N5OV-. The number of nitrogens with two attached hydrogens (primary N) is 1. The van der Waals surface area contributed by atoms with E-state index in [0.29, 0.717) is 6.61 Å². The van der Waals surface area contributed by atoms with Gasteiger partial charge in [0.1, 0.15) is 5.75 Å². The van der Waals surface area contributed by atoms with Crippen molar-refractivity contribution >= 4 is 18.4 Å². The van der Waals surface area contributed by atoms with Crippen LogP contribution in [0.25, 0.3) is 39.7 Å². The maximum atomic E-state index is 7.89. The van der Waals surface area contributed by atoms with Gasteiger partial charge in [-0.05, 0) is 71.7 Å². The van der Waals surface area contributed by atoms with Crippen LogP contribution in [0.3, 0.4) is 0 Å². The van der Waals surface area contributed by atoms with Gasteiger partial charge in [-0.3, -0.25) is 0 Å². The first-order chi connectivity index (χ1) is 20.1. The van der Waals surface area contributed by atoms with Gasteiger partial charge in [-0.1, -0.05) is 67.3 Å². The number of H-pyrrole nitrogens is 1. The van der Waals surface area contributed by atoms with Crippen LogP contribution in [-0.2, 0) is 31.5 Å². The number of hydrogen-bond acceptors (Lipinski definition) is 4. The average Bonchev–Trinajstić information content (AvgIpc) is 3.37. The minimum absolute atomic E-state index is 0. The first-order valence-electron chi connectivity index (χ1n) is 14.1. The van der Waals surface area contributed by atoms with Crippen LogP contribution in [0, 0.1) is 12.3 Å². The van der Waals surface area contributed by atoms with Gasteiger partial charge in [0.25, 0.3) is 0 Å². The van der Waals surface area contributed by atoms with E-state index in [0.717, 1.165) is 89.5 Å². The Hall–Kier alpha value is -3.81. The Kier molecular flexibility index (Phi) is 11.0. The van der Waals surface area contributed by atoms with Crippen molar-refractivity contribution in [1.82, 2.24) is 9.88 Å². The third-order valence-electron chi connectivity index (χ3n) is 7.75. The fourth-order valence-corrected chi connectivity index (χ4v) is 5.44. The third-order valence-corrected chi connectivity index (χ3v) is 7.75. The van der Waals surface area contributed by atoms with Crippen molar-refractivity contribution in [2.24, 2.45) is 5.73 Å². The number of nitrogens with zero attached hydrogens (tertiary/aromatic N) is 2. The summed E-state index contributed by atoms with van der Waals surface area (Å²) in [5.74, 6) is 0.892. The Morgan fingerprint density at radius 3 is 2.50 bits per heavy atom. The monoisotopic (exact) mass is 595 g/mol. The molecule has 7 heteroatoms. The van der Waals surface area contributed by atoms with Gasteiger partial charge in [0.05, 0.1) is 6.61 Å². The zero-order chi connectivity index (χ0) is 28.6. The first-order valence-corrected chi connectivity index (χ1v) is 14.1. The number of aromatic nitrogens is 1. The molecule has 4 aromatic rings. The Balaban J connectivity index is 0.00000405. The van der Waals surface area contributed by atoms with Crippen molar-refractivity contribution in [3.05, 3.63) is 118 Å². The van der Waals surface area contributed by atoms with Crippen molar-refractivity contribution < 1.29 is 23.3 Å². The molecule has 1 aliphatic rings. The number of hydrogen-bond donors (Lipinski definition) is 3. The fraction of sp³-hybridized carbons (Fsp3) is 0.229. The van der Waals surface area contributed by atoms with E-state index in [9.17, 15) is 0 Å². The molecule has 215 valence electrons. The Bertz CT molecular complexity index is 1530. The molecule has 5 rings (SSSR count). The second kappa shape index (κ2) is 14.9. The number of piperazine rings is 1. The molecule has 1 aromatic heterocycles. The predicted molar refractivity (Wildman–Crippen MR) is 172 cm³/mol. The smallest absolute Gasteiger partial charge is 0.127 e. The van der Waals surface area contributed by atoms with Crippen LogP contribution < -0.4 is 10.5 Å². The van der Waals surface area contributed by atoms with Gasteiger partial charge in [0.15, 0.2) is 0 Å². The number of rotatable bonds is 11. The van der Waals surface area contributed by atoms with Crippen LogP contribution in [-0.4, -0.2) is 48.9 Å². The molecule has 0 unspecified atom stereocenters. The van der Waals surface area contributed by atoms with E-state index in [1.165, 1.54) is 17.3 Å². The van der Waals surface area contributed by atoms with Gasteiger partial charge >= 0.3 is 0 Å². The summed E-state index contributed by atoms with van der Waals surface area (Å²) in [6, 6.07) is 21.2. The van der Waals surface area contributed by atoms with Crippen LogP contribution in [0.5, 0.6) is 5.75 Å². The van der Waals surface area contributed by atoms with E-state index in [1.54, 1.807) is 12.3 Å². The minimum Gasteiger partial charge on any atom is -0.660 e. The Labute approximate surface area is 261 Å². The van der Waals surface area contributed by atoms with Gasteiger partial charge in [-0.25, -0.2) is 0 Å². The number of benzene rings is 3. The maximum Gasteiger partial charge on any atom is 0.127 e. The molecule has 1 fully saturated rings. The van der Waals surface area contributed by atoms with E-state index >= 15 is 0 Å². The molecule has 0 amide bonds. The van der Waals surface area contributed by atoms with Gasteiger partial charge in [-0.15, -0.1) is 13.1 Å². The first kappa shape index (κ1) is 31.1. The molecule has 2 heterocycles. The van der Waals surface area contributed by atoms with E-state index in [1.807, 2.05) is 24.4 Å². The Morgan fingerprint density at radius 1 is 1.02 bits per heavy atom. The standard InChI is InChI=1S/C35H38N5O.V/c1-3-28-5-4-6-30(32(28)22-37)29-10-7-26(8-11-29)14-20-41-35-21-27(24-40-18-16-38-17-19-40)9-12-31(35)33-23-39-34(13-15-36)25(33)2;/h3-13,15,21-23,37,39H,1,14,16-20,24,36H2,2H3;/q-1;/b15-13-,37-22?;. The molecule has 6 nitrogen and oxygen atoms in total. The van der Waals surface area contributed by atoms with E-state index in [2.05, 4.69) is 77.2 Å². The summed E-state index contributed by atoms with van der Waals surface area (Å²) in [4.78, 5) is 5.79. The molecule has 0 aliphatic carbocycles. The fourth-order valence-electron chi connectivity index (χ4n) is 5.44. The predicted octanol–water partition coefficient (Wildman–Crippen LogP) is 7.04. The van der Waals surface area contributed by atoms with Crippen LogP contribution in [0.15, 0.2) is 79.6 Å². The molecule has 42 heavy (non-hydrogen) atoms. The molecule has 0 atom stereocenters. The molecule has 0 spiro atoms. The summed E-state index contributed by atoms with van der Waals surface area (Å²) in [6.07, 6.45) is 9.46. The van der Waals surface area contributed by atoms with E-state index in [4.69, 9.17) is 15.9 Å². The SMILES string of the molecule is C=Cc1cccc(-c2ccc(CCOc3cc(CN4CC[N-]CC4)ccc3-c3c[nH]c(/C=C\N)c3C)cc2)c1C=N.[V]. The van der Waals surface area contributed by atoms with Gasteiger partial charge in [0.2, 0.25) is 0 Å². The summed E-state index contributed by atoms with van der Waals surface area (Å²) in [5.41, 5.74) is 16.4. The minimum atomic E-state index is 0. The summed E-state index contributed by atoms with van der Waals surface area (Å²) < 4.78 is 6.50. The summed E-state index contributed by atoms with van der Waals surface area (Å²) in [5, 5.41) is 12.4. The second-order valence-corrected chi connectivity index (χ2v) is 10.3. The quantitative estimate of drug-likeness (QED) is 0.163. The van der Waals surface area contributed by atoms with Crippen LogP contribution in [0.1, 0.15) is 33.5 Å². The van der Waals surface area contributed by atoms with Gasteiger partial charge < -0.3 is 31.1 Å². The molecule has 1 aliphatic heterocycles. The molecule has 3 aromatic carbocycles. The van der Waals surface area contributed by atoms with E-state index < -0.39 is 0 Å². The van der Waals surface area contributed by atoms with Crippen molar-refractivity contribution in [3.8, 4) is 28.0 Å². The number of ether oxygens (including phenoxy) is 1. The summed E-state index contributed by atoms with van der Waals surface area (Å²) >= 11 is 0. The third kappa shape index (κ3) is 7.15. The van der Waals surface area contributed by atoms with Crippen molar-refractivity contribution in [1.29, 1.82) is 5.41 Å². The molecule has 1 saturated heterocycles. The molecular weight excluding hydrogens is 557 g/mol. The summed E-state index contributed by atoms with van der Waals surface area (Å²) in [6.45, 7) is 11.3. The number of nitrogens with one attached hydrogen (secondary N) is 2. The van der Waals surface area contributed by atoms with Crippen LogP contribution >= 0.6 is 0 Å². The van der Waals surface area contributed by atoms with Crippen molar-refractivity contribution in [3.63, 3.8) is 0 Å². The second-order valence-electron chi connectivity index (χ2n) is 10.3. The van der Waals surface area contributed by atoms with Crippen LogP contribution in [0.4, 0.5) is 0 Å². The molecule has 4 N–H and O–H groups in total. The largest absolute Gasteiger partial charge is 0.660 e. The zero-order valence-corrected chi connectivity index (χ0v) is 25.5. The summed E-state index contributed by atoms with van der Waals surface area (Å²) in [7, 11) is 0. The topological polar surface area (TPSA) is 92.2 Å². The molecule has 0 bridgehead atoms. The van der Waals surface area contributed by atoms with Crippen molar-refractivity contribution in [2.75, 3.05) is 32.8 Å². The van der Waals surface area contributed by atoms with Gasteiger partial charge in [-0.2, -0.15) is 0 Å². The van der Waals surface area contributed by atoms with E-state index in [-0.39, 0.29) is 18.6 Å². The zero-order valence-electron chi connectivity index (χ0n) is 24.1.